The second-order valence-corrected chi connectivity index (χ2v) is 3.01. The summed E-state index contributed by atoms with van der Waals surface area (Å²) in [4.78, 5) is 21.9. The second-order valence-electron chi connectivity index (χ2n) is 3.01. The molecule has 1 aliphatic heterocycles. The predicted molar refractivity (Wildman–Crippen MR) is 40.3 cm³/mol. The summed E-state index contributed by atoms with van der Waals surface area (Å²) in [5.41, 5.74) is 0. The Labute approximate surface area is 70.8 Å². The maximum atomic E-state index is 10.9. The first kappa shape index (κ1) is 9.03. The molecule has 0 aliphatic carbocycles. The van der Waals surface area contributed by atoms with E-state index in [-0.39, 0.29) is 37.0 Å². The molecule has 1 unspecified atom stereocenters. The van der Waals surface area contributed by atoms with Crippen molar-refractivity contribution < 1.29 is 19.1 Å². The van der Waals surface area contributed by atoms with Crippen molar-refractivity contribution in [3.05, 3.63) is 0 Å². The number of hydrogen-bond donors (Lipinski definition) is 0. The van der Waals surface area contributed by atoms with Gasteiger partial charge in [0.25, 0.3) is 0 Å². The number of carbonyl (C=O) groups excluding carboxylic acids is 2. The van der Waals surface area contributed by atoms with Crippen LogP contribution < -0.4 is 0 Å². The Morgan fingerprint density at radius 2 is 1.33 bits per heavy atom. The summed E-state index contributed by atoms with van der Waals surface area (Å²) in [6.45, 7) is 3.35. The SMILES string of the molecule is CC1CC(=O)O[C@H](C)CC(=O)O1. The van der Waals surface area contributed by atoms with E-state index in [0.29, 0.717) is 0 Å². The quantitative estimate of drug-likeness (QED) is 0.503. The molecule has 0 saturated carbocycles. The van der Waals surface area contributed by atoms with Crippen LogP contribution in [0.1, 0.15) is 26.7 Å². The molecule has 1 rings (SSSR count). The number of hydrogen-bond acceptors (Lipinski definition) is 4. The minimum absolute atomic E-state index is 0.149. The molecule has 1 saturated heterocycles. The molecule has 0 aromatic carbocycles. The van der Waals surface area contributed by atoms with Crippen LogP contribution in [0.25, 0.3) is 0 Å². The average Bonchev–Trinajstić information content (AvgIpc) is 1.81. The van der Waals surface area contributed by atoms with Gasteiger partial charge in [0.2, 0.25) is 0 Å². The Balaban J connectivity index is 2.57. The number of esters is 2. The molecule has 0 N–H and O–H groups in total. The fourth-order valence-electron chi connectivity index (χ4n) is 1.10. The first-order valence-corrected chi connectivity index (χ1v) is 3.97. The van der Waals surface area contributed by atoms with Gasteiger partial charge in [-0.3, -0.25) is 9.59 Å². The van der Waals surface area contributed by atoms with Gasteiger partial charge in [-0.1, -0.05) is 0 Å². The smallest absolute Gasteiger partial charge is 0.309 e. The molecule has 0 radical (unpaired) electrons. The van der Waals surface area contributed by atoms with E-state index in [1.165, 1.54) is 0 Å². The van der Waals surface area contributed by atoms with Crippen molar-refractivity contribution in [1.29, 1.82) is 0 Å². The lowest BCUT2D eigenvalue weighted by molar-refractivity contribution is -0.166. The third-order valence-corrected chi connectivity index (χ3v) is 1.57. The van der Waals surface area contributed by atoms with E-state index in [2.05, 4.69) is 0 Å². The fourth-order valence-corrected chi connectivity index (χ4v) is 1.10. The van der Waals surface area contributed by atoms with E-state index in [9.17, 15) is 9.59 Å². The van der Waals surface area contributed by atoms with Crippen LogP contribution in [-0.2, 0) is 19.1 Å². The maximum Gasteiger partial charge on any atom is 0.309 e. The van der Waals surface area contributed by atoms with Crippen LogP contribution in [0.4, 0.5) is 0 Å². The Kier molecular flexibility index (Phi) is 2.68. The number of cyclic esters (lactones) is 2. The zero-order valence-corrected chi connectivity index (χ0v) is 7.20. The van der Waals surface area contributed by atoms with Crippen molar-refractivity contribution >= 4 is 11.9 Å². The molecule has 4 nitrogen and oxygen atoms in total. The summed E-state index contributed by atoms with van der Waals surface area (Å²) >= 11 is 0. The van der Waals surface area contributed by atoms with E-state index in [4.69, 9.17) is 9.47 Å². The van der Waals surface area contributed by atoms with Crippen molar-refractivity contribution in [2.24, 2.45) is 0 Å². The topological polar surface area (TPSA) is 52.6 Å². The summed E-state index contributed by atoms with van der Waals surface area (Å²) < 4.78 is 9.78. The summed E-state index contributed by atoms with van der Waals surface area (Å²) in [5.74, 6) is -0.606. The Hall–Kier alpha value is -1.06. The number of ether oxygens (including phenoxy) is 2. The fraction of sp³-hybridized carbons (Fsp3) is 0.750. The summed E-state index contributed by atoms with van der Waals surface area (Å²) in [7, 11) is 0. The Morgan fingerprint density at radius 3 is 1.67 bits per heavy atom. The Morgan fingerprint density at radius 1 is 1.00 bits per heavy atom. The summed E-state index contributed by atoms with van der Waals surface area (Å²) in [6.07, 6.45) is -0.429. The van der Waals surface area contributed by atoms with Gasteiger partial charge in [0.1, 0.15) is 12.2 Å². The molecule has 0 amide bonds. The normalized spacial score (nSPS) is 31.5. The average molecular weight is 172 g/mol. The van der Waals surface area contributed by atoms with Crippen LogP contribution in [0.2, 0.25) is 0 Å². The molecular weight excluding hydrogens is 160 g/mol. The highest BCUT2D eigenvalue weighted by Gasteiger charge is 2.22. The van der Waals surface area contributed by atoms with Crippen molar-refractivity contribution in [1.82, 2.24) is 0 Å². The van der Waals surface area contributed by atoms with E-state index in [0.717, 1.165) is 0 Å². The van der Waals surface area contributed by atoms with Crippen molar-refractivity contribution in [3.8, 4) is 0 Å². The Bertz CT molecular complexity index is 161. The van der Waals surface area contributed by atoms with Crippen molar-refractivity contribution in [3.63, 3.8) is 0 Å². The van der Waals surface area contributed by atoms with E-state index in [1.54, 1.807) is 13.8 Å². The van der Waals surface area contributed by atoms with Crippen LogP contribution in [-0.4, -0.2) is 24.1 Å². The van der Waals surface area contributed by atoms with Gasteiger partial charge in [0.05, 0.1) is 12.8 Å². The molecule has 1 aliphatic rings. The highest BCUT2D eigenvalue weighted by atomic mass is 16.6. The van der Waals surface area contributed by atoms with Gasteiger partial charge in [-0.05, 0) is 13.8 Å². The lowest BCUT2D eigenvalue weighted by Gasteiger charge is -2.20. The minimum atomic E-state index is -0.363. The molecule has 68 valence electrons. The van der Waals surface area contributed by atoms with Gasteiger partial charge in [-0.25, -0.2) is 0 Å². The zero-order chi connectivity index (χ0) is 9.14. The first-order valence-electron chi connectivity index (χ1n) is 3.97. The lowest BCUT2D eigenvalue weighted by Crippen LogP contribution is -2.29. The van der Waals surface area contributed by atoms with Gasteiger partial charge in [0.15, 0.2) is 0 Å². The monoisotopic (exact) mass is 172 g/mol. The summed E-state index contributed by atoms with van der Waals surface area (Å²) in [6, 6.07) is 0. The van der Waals surface area contributed by atoms with Crippen LogP contribution >= 0.6 is 0 Å². The molecule has 0 spiro atoms. The molecule has 1 heterocycles. The second kappa shape index (κ2) is 3.56. The van der Waals surface area contributed by atoms with E-state index < -0.39 is 0 Å². The largest absolute Gasteiger partial charge is 0.462 e. The van der Waals surface area contributed by atoms with Crippen LogP contribution in [0.3, 0.4) is 0 Å². The molecule has 0 aromatic heterocycles. The molecule has 12 heavy (non-hydrogen) atoms. The maximum absolute atomic E-state index is 10.9. The molecule has 4 heteroatoms. The molecule has 1 fully saturated rings. The third-order valence-electron chi connectivity index (χ3n) is 1.57. The third kappa shape index (κ3) is 2.53. The number of rotatable bonds is 0. The van der Waals surface area contributed by atoms with Crippen LogP contribution in [0, 0.1) is 0 Å². The lowest BCUT2D eigenvalue weighted by atomic mass is 10.2. The molecule has 0 bridgehead atoms. The van der Waals surface area contributed by atoms with E-state index in [1.807, 2.05) is 0 Å². The molecule has 2 atom stereocenters. The molecular formula is C8H12O4. The van der Waals surface area contributed by atoms with Gasteiger partial charge in [-0.15, -0.1) is 0 Å². The van der Waals surface area contributed by atoms with Crippen LogP contribution in [0.15, 0.2) is 0 Å². The van der Waals surface area contributed by atoms with Gasteiger partial charge < -0.3 is 9.47 Å². The van der Waals surface area contributed by atoms with Gasteiger partial charge in [0, 0.05) is 0 Å². The molecule has 0 aromatic rings. The standard InChI is InChI=1S/C8H12O4/c1-5-3-7(9)12-6(2)4-8(10)11-5/h5-6H,3-4H2,1-2H3/t5-,6?/m1/s1. The van der Waals surface area contributed by atoms with Gasteiger partial charge >= 0.3 is 11.9 Å². The van der Waals surface area contributed by atoms with Crippen molar-refractivity contribution in [2.75, 3.05) is 0 Å². The van der Waals surface area contributed by atoms with Crippen molar-refractivity contribution in [2.45, 2.75) is 38.9 Å². The van der Waals surface area contributed by atoms with Gasteiger partial charge in [-0.2, -0.15) is 0 Å². The minimum Gasteiger partial charge on any atom is -0.462 e. The highest BCUT2D eigenvalue weighted by molar-refractivity contribution is 5.75. The number of carbonyl (C=O) groups is 2. The highest BCUT2D eigenvalue weighted by Crippen LogP contribution is 2.10. The zero-order valence-electron chi connectivity index (χ0n) is 7.20. The van der Waals surface area contributed by atoms with E-state index >= 15 is 0 Å². The van der Waals surface area contributed by atoms with Crippen LogP contribution in [0.5, 0.6) is 0 Å². The first-order chi connectivity index (χ1) is 5.58. The predicted octanol–water partition coefficient (Wildman–Crippen LogP) is 0.644. The summed E-state index contributed by atoms with van der Waals surface area (Å²) in [5, 5.41) is 0.